The van der Waals surface area contributed by atoms with Crippen LogP contribution in [-0.2, 0) is 16.0 Å². The molecule has 0 saturated heterocycles. The summed E-state index contributed by atoms with van der Waals surface area (Å²) in [6.45, 7) is 3.06. The Bertz CT molecular complexity index is 337. The maximum atomic E-state index is 10.4. The number of benzene rings is 1. The van der Waals surface area contributed by atoms with E-state index < -0.39 is 12.0 Å². The van der Waals surface area contributed by atoms with Crippen LogP contribution >= 0.6 is 0 Å². The van der Waals surface area contributed by atoms with Gasteiger partial charge in [-0.25, -0.2) is 0 Å². The summed E-state index contributed by atoms with van der Waals surface area (Å²) in [6, 6.07) is 8.54. The first-order valence-corrected chi connectivity index (χ1v) is 4.93. The molecule has 0 aliphatic rings. The Hall–Kier alpha value is -0.420. The number of hydrogen-bond acceptors (Lipinski definition) is 3. The van der Waals surface area contributed by atoms with E-state index in [0.717, 1.165) is 5.56 Å². The molecule has 4 nitrogen and oxygen atoms in total. The topological polar surface area (TPSA) is 80.4 Å². The van der Waals surface area contributed by atoms with Crippen LogP contribution in [0.2, 0.25) is 0 Å². The fourth-order valence-corrected chi connectivity index (χ4v) is 0.955. The molecule has 92 valence electrons. The summed E-state index contributed by atoms with van der Waals surface area (Å²) in [5, 5.41) is 8.52. The van der Waals surface area contributed by atoms with Crippen molar-refractivity contribution >= 4 is 49.5 Å². The van der Waals surface area contributed by atoms with Gasteiger partial charge in [0.15, 0.2) is 0 Å². The van der Waals surface area contributed by atoms with E-state index in [1.807, 2.05) is 30.3 Å². The molecule has 0 bridgehead atoms. The van der Waals surface area contributed by atoms with Crippen LogP contribution < -0.4 is 5.73 Å². The molecule has 0 amide bonds. The van der Waals surface area contributed by atoms with Gasteiger partial charge in [-0.1, -0.05) is 30.3 Å². The van der Waals surface area contributed by atoms with E-state index >= 15 is 0 Å². The predicted octanol–water partition coefficient (Wildman–Crippen LogP) is 0.320. The second-order valence-electron chi connectivity index (χ2n) is 3.54. The second kappa shape index (κ2) is 10.7. The van der Waals surface area contributed by atoms with Crippen LogP contribution in [0.3, 0.4) is 0 Å². The number of nitrogens with two attached hydrogens (primary N) is 1. The second-order valence-corrected chi connectivity index (χ2v) is 3.54. The van der Waals surface area contributed by atoms with Gasteiger partial charge in [0.25, 0.3) is 0 Å². The molecule has 0 saturated carbocycles. The third kappa shape index (κ3) is 11.8. The molecule has 17 heavy (non-hydrogen) atoms. The summed E-state index contributed by atoms with van der Waals surface area (Å²) >= 11 is 0. The Balaban J connectivity index is 0. The fraction of sp³-hybridized carbons (Fsp3) is 0.333. The Morgan fingerprint density at radius 2 is 1.65 bits per heavy atom. The number of carboxylic acid groups (broad SMARTS) is 1. The molecule has 3 N–H and O–H groups in total. The van der Waals surface area contributed by atoms with Gasteiger partial charge in [0.05, 0.1) is 0 Å². The average molecular weight is 265 g/mol. The number of ketones is 1. The van der Waals surface area contributed by atoms with E-state index in [-0.39, 0.29) is 43.5 Å². The van der Waals surface area contributed by atoms with Crippen molar-refractivity contribution in [2.45, 2.75) is 26.3 Å². The number of carbonyl (C=O) groups excluding carboxylic acids is 1. The third-order valence-electron chi connectivity index (χ3n) is 1.62. The number of rotatable bonds is 3. The molecule has 0 radical (unpaired) electrons. The zero-order chi connectivity index (χ0) is 12.6. The van der Waals surface area contributed by atoms with Gasteiger partial charge in [-0.3, -0.25) is 4.79 Å². The summed E-state index contributed by atoms with van der Waals surface area (Å²) in [4.78, 5) is 19.8. The summed E-state index contributed by atoms with van der Waals surface area (Å²) in [5.41, 5.74) is 6.30. The van der Waals surface area contributed by atoms with Gasteiger partial charge in [-0.05, 0) is 25.8 Å². The number of hydrogen-bond donors (Lipinski definition) is 2. The van der Waals surface area contributed by atoms with Crippen LogP contribution in [0.1, 0.15) is 19.4 Å². The Labute approximate surface area is 131 Å². The van der Waals surface area contributed by atoms with Crippen LogP contribution in [0, 0.1) is 0 Å². The Kier molecular flexibility index (Phi) is 11.9. The molecular weight excluding hydrogens is 246 g/mol. The molecule has 1 atom stereocenters. The van der Waals surface area contributed by atoms with Crippen LogP contribution in [0.5, 0.6) is 0 Å². The number of carbonyl (C=O) groups is 2. The van der Waals surface area contributed by atoms with E-state index in [9.17, 15) is 9.59 Å². The van der Waals surface area contributed by atoms with Crippen molar-refractivity contribution in [2.24, 2.45) is 5.73 Å². The normalized spacial score (nSPS) is 10.3. The molecule has 0 fully saturated rings. The van der Waals surface area contributed by atoms with Crippen molar-refractivity contribution in [2.75, 3.05) is 0 Å². The first-order chi connectivity index (χ1) is 7.43. The molecule has 5 heteroatoms. The van der Waals surface area contributed by atoms with E-state index in [0.29, 0.717) is 6.42 Å². The summed E-state index contributed by atoms with van der Waals surface area (Å²) < 4.78 is 0. The molecule has 0 heterocycles. The van der Waals surface area contributed by atoms with Crippen molar-refractivity contribution in [1.29, 1.82) is 0 Å². The minimum atomic E-state index is -0.959. The fourth-order valence-electron chi connectivity index (χ4n) is 0.955. The van der Waals surface area contributed by atoms with Crippen LogP contribution in [0.15, 0.2) is 30.3 Å². The van der Waals surface area contributed by atoms with Crippen molar-refractivity contribution in [3.05, 3.63) is 35.9 Å². The van der Waals surface area contributed by atoms with E-state index in [2.05, 4.69) is 0 Å². The first kappa shape index (κ1) is 18.9. The van der Waals surface area contributed by atoms with Gasteiger partial charge in [-0.2, -0.15) is 0 Å². The Morgan fingerprint density at radius 3 is 2.00 bits per heavy atom. The SMILES string of the molecule is CC(C)=O.NC(Cc1ccccc1)C(=O)O.[CaH2]. The number of carboxylic acids is 1. The minimum absolute atomic E-state index is 0. The van der Waals surface area contributed by atoms with Crippen molar-refractivity contribution in [1.82, 2.24) is 0 Å². The quantitative estimate of drug-likeness (QED) is 0.771. The van der Waals surface area contributed by atoms with Gasteiger partial charge in [0.2, 0.25) is 0 Å². The van der Waals surface area contributed by atoms with E-state index in [1.54, 1.807) is 0 Å². The monoisotopic (exact) mass is 265 g/mol. The number of Topliss-reactive ketones (excluding diaryl/α,β-unsaturated/α-hetero) is 1. The molecule has 1 aromatic carbocycles. The predicted molar refractivity (Wildman–Crippen MR) is 70.7 cm³/mol. The molecule has 0 spiro atoms. The maximum absolute atomic E-state index is 10.4. The van der Waals surface area contributed by atoms with Gasteiger partial charge in [-0.15, -0.1) is 0 Å². The molecule has 1 unspecified atom stereocenters. The number of aliphatic carboxylic acids is 1. The standard InChI is InChI=1S/C9H11NO2.C3H6O.Ca.2H/c10-8(9(11)12)6-7-4-2-1-3-5-7;1-3(2)4;;;/h1-5,8H,6,10H2,(H,11,12);1-2H3;;;. The van der Waals surface area contributed by atoms with Crippen molar-refractivity contribution < 1.29 is 14.7 Å². The van der Waals surface area contributed by atoms with Gasteiger partial charge < -0.3 is 15.6 Å². The molecule has 0 aliphatic heterocycles. The molecule has 0 aromatic heterocycles. The van der Waals surface area contributed by atoms with Crippen LogP contribution in [-0.4, -0.2) is 60.6 Å². The first-order valence-electron chi connectivity index (χ1n) is 4.93. The van der Waals surface area contributed by atoms with Gasteiger partial charge in [0, 0.05) is 0 Å². The van der Waals surface area contributed by atoms with Gasteiger partial charge in [0.1, 0.15) is 11.8 Å². The van der Waals surface area contributed by atoms with E-state index in [4.69, 9.17) is 10.8 Å². The average Bonchev–Trinajstić information content (AvgIpc) is 2.18. The van der Waals surface area contributed by atoms with Gasteiger partial charge >= 0.3 is 43.7 Å². The zero-order valence-corrected chi connectivity index (χ0v) is 9.51. The van der Waals surface area contributed by atoms with Crippen molar-refractivity contribution in [3.8, 4) is 0 Å². The Morgan fingerprint density at radius 1 is 1.24 bits per heavy atom. The summed E-state index contributed by atoms with van der Waals surface area (Å²) in [6.07, 6.45) is 0.385. The third-order valence-corrected chi connectivity index (χ3v) is 1.62. The molecule has 0 aliphatic carbocycles. The summed E-state index contributed by atoms with van der Waals surface area (Å²) in [5.74, 6) is -0.793. The summed E-state index contributed by atoms with van der Waals surface area (Å²) in [7, 11) is 0. The van der Waals surface area contributed by atoms with Crippen molar-refractivity contribution in [3.63, 3.8) is 0 Å². The molecule has 1 aromatic rings. The zero-order valence-electron chi connectivity index (χ0n) is 9.51. The van der Waals surface area contributed by atoms with Crippen LogP contribution in [0.4, 0.5) is 0 Å². The van der Waals surface area contributed by atoms with E-state index in [1.165, 1.54) is 13.8 Å². The van der Waals surface area contributed by atoms with Crippen LogP contribution in [0.25, 0.3) is 0 Å². The molecular formula is C12H19CaNO3. The molecule has 1 rings (SSSR count).